The number of rotatable bonds is 7. The van der Waals surface area contributed by atoms with E-state index in [4.69, 9.17) is 4.74 Å². The Morgan fingerprint density at radius 3 is 2.67 bits per heavy atom. The molecule has 5 nitrogen and oxygen atoms in total. The number of aromatic nitrogens is 2. The molecule has 0 spiro atoms. The molecule has 0 bridgehead atoms. The molecule has 2 fully saturated rings. The zero-order valence-electron chi connectivity index (χ0n) is 15.7. The van der Waals surface area contributed by atoms with Crippen molar-refractivity contribution in [1.29, 1.82) is 0 Å². The summed E-state index contributed by atoms with van der Waals surface area (Å²) in [4.78, 5) is 19.1. The Morgan fingerprint density at radius 2 is 2.08 bits per heavy atom. The third kappa shape index (κ3) is 3.75. The van der Waals surface area contributed by atoms with E-state index in [-0.39, 0.29) is 17.4 Å². The molecule has 1 amide bonds. The highest BCUT2D eigenvalue weighted by atomic mass is 28.3. The number of ether oxygens (including phenoxy) is 1. The number of hydrogen-bond donors (Lipinski definition) is 0. The molecule has 2 heterocycles. The molecule has 1 saturated heterocycles. The van der Waals surface area contributed by atoms with Crippen molar-refractivity contribution < 1.29 is 9.53 Å². The van der Waals surface area contributed by atoms with Gasteiger partial charge in [0.25, 0.3) is 0 Å². The first-order chi connectivity index (χ1) is 11.2. The molecular weight excluding hydrogens is 318 g/mol. The first-order valence-corrected chi connectivity index (χ1v) is 12.8. The van der Waals surface area contributed by atoms with E-state index in [1.54, 1.807) is 0 Å². The average Bonchev–Trinajstić information content (AvgIpc) is 3.22. The van der Waals surface area contributed by atoms with Crippen molar-refractivity contribution in [3.63, 3.8) is 0 Å². The second-order valence-corrected chi connectivity index (χ2v) is 14.9. The maximum absolute atomic E-state index is 12.5. The van der Waals surface area contributed by atoms with E-state index < -0.39 is 8.07 Å². The van der Waals surface area contributed by atoms with Crippen LogP contribution in [0.5, 0.6) is 0 Å². The number of nitrogens with zero attached hydrogens (tertiary/aromatic N) is 3. The molecular formula is C18H31N3O2Si. The standard InChI is InChI=1S/C18H31N3O2Si/c1-18(2)12-21(17(22)14-6-7-14)15(18)16-19-8-9-20(16)13-23-10-11-24(3,4)5/h8-9,14-15H,6-7,10-13H2,1-5H3. The monoisotopic (exact) mass is 349 g/mol. The number of imidazole rings is 1. The Morgan fingerprint density at radius 1 is 1.38 bits per heavy atom. The van der Waals surface area contributed by atoms with Crippen LogP contribution in [0, 0.1) is 11.3 Å². The summed E-state index contributed by atoms with van der Waals surface area (Å²) in [7, 11) is -1.07. The van der Waals surface area contributed by atoms with E-state index >= 15 is 0 Å². The van der Waals surface area contributed by atoms with E-state index in [0.717, 1.165) is 37.9 Å². The number of carbonyl (C=O) groups is 1. The number of amides is 1. The van der Waals surface area contributed by atoms with Crippen LogP contribution in [-0.2, 0) is 16.3 Å². The molecule has 0 radical (unpaired) electrons. The molecule has 3 rings (SSSR count). The van der Waals surface area contributed by atoms with Crippen LogP contribution in [0.15, 0.2) is 12.4 Å². The minimum absolute atomic E-state index is 0.0705. The fourth-order valence-electron chi connectivity index (χ4n) is 3.40. The summed E-state index contributed by atoms with van der Waals surface area (Å²) in [6.07, 6.45) is 5.90. The fourth-order valence-corrected chi connectivity index (χ4v) is 4.16. The van der Waals surface area contributed by atoms with Crippen LogP contribution in [0.2, 0.25) is 25.7 Å². The predicted molar refractivity (Wildman–Crippen MR) is 97.3 cm³/mol. The molecule has 1 aromatic heterocycles. The quantitative estimate of drug-likeness (QED) is 0.559. The molecule has 2 aliphatic rings. The maximum Gasteiger partial charge on any atom is 0.226 e. The minimum Gasteiger partial charge on any atom is -0.361 e. The molecule has 0 N–H and O–H groups in total. The van der Waals surface area contributed by atoms with Crippen molar-refractivity contribution in [2.45, 2.75) is 65.1 Å². The second kappa shape index (κ2) is 6.30. The van der Waals surface area contributed by atoms with Gasteiger partial charge in [0.2, 0.25) is 5.91 Å². The van der Waals surface area contributed by atoms with Gasteiger partial charge in [-0.2, -0.15) is 0 Å². The second-order valence-electron chi connectivity index (χ2n) is 9.23. The van der Waals surface area contributed by atoms with E-state index in [0.29, 0.717) is 12.6 Å². The molecule has 24 heavy (non-hydrogen) atoms. The number of hydrogen-bond acceptors (Lipinski definition) is 3. The van der Waals surface area contributed by atoms with E-state index in [1.165, 1.54) is 0 Å². The Balaban J connectivity index is 1.65. The van der Waals surface area contributed by atoms with Crippen molar-refractivity contribution in [2.24, 2.45) is 11.3 Å². The molecule has 6 heteroatoms. The third-order valence-electron chi connectivity index (χ3n) is 5.06. The Bertz CT molecular complexity index is 602. The molecule has 134 valence electrons. The summed E-state index contributed by atoms with van der Waals surface area (Å²) in [6.45, 7) is 13.7. The number of carbonyl (C=O) groups excluding carboxylic acids is 1. The summed E-state index contributed by atoms with van der Waals surface area (Å²) >= 11 is 0. The smallest absolute Gasteiger partial charge is 0.226 e. The Kier molecular flexibility index (Phi) is 4.64. The zero-order chi connectivity index (χ0) is 17.5. The SMILES string of the molecule is CC1(C)CN(C(=O)C2CC2)C1c1nccn1COCC[Si](C)(C)C. The molecule has 1 aliphatic heterocycles. The average molecular weight is 350 g/mol. The lowest BCUT2D eigenvalue weighted by atomic mass is 9.74. The highest BCUT2D eigenvalue weighted by molar-refractivity contribution is 6.76. The Hall–Kier alpha value is -1.14. The van der Waals surface area contributed by atoms with E-state index in [9.17, 15) is 4.79 Å². The van der Waals surface area contributed by atoms with Gasteiger partial charge in [-0.15, -0.1) is 0 Å². The summed E-state index contributed by atoms with van der Waals surface area (Å²) in [5, 5.41) is 0. The molecule has 0 aromatic carbocycles. The Labute approximate surface area is 146 Å². The van der Waals surface area contributed by atoms with Gasteiger partial charge in [-0.1, -0.05) is 33.5 Å². The normalized spacial score (nSPS) is 23.2. The lowest BCUT2D eigenvalue weighted by Gasteiger charge is -2.53. The first-order valence-electron chi connectivity index (χ1n) is 9.08. The summed E-state index contributed by atoms with van der Waals surface area (Å²) in [6, 6.07) is 1.24. The third-order valence-corrected chi connectivity index (χ3v) is 6.76. The van der Waals surface area contributed by atoms with Crippen LogP contribution in [0.4, 0.5) is 0 Å². The van der Waals surface area contributed by atoms with Crippen molar-refractivity contribution >= 4 is 14.0 Å². The van der Waals surface area contributed by atoms with Crippen molar-refractivity contribution in [3.8, 4) is 0 Å². The maximum atomic E-state index is 12.5. The fraction of sp³-hybridized carbons (Fsp3) is 0.778. The van der Waals surface area contributed by atoms with Crippen LogP contribution in [-0.4, -0.2) is 41.6 Å². The van der Waals surface area contributed by atoms with Crippen LogP contribution in [0.3, 0.4) is 0 Å². The van der Waals surface area contributed by atoms with E-state index in [2.05, 4.69) is 43.0 Å². The molecule has 1 aliphatic carbocycles. The van der Waals surface area contributed by atoms with Gasteiger partial charge in [-0.05, 0) is 18.9 Å². The zero-order valence-corrected chi connectivity index (χ0v) is 16.7. The first kappa shape index (κ1) is 17.7. The molecule has 1 atom stereocenters. The van der Waals surface area contributed by atoms with Gasteiger partial charge in [0.1, 0.15) is 12.6 Å². The lowest BCUT2D eigenvalue weighted by molar-refractivity contribution is -0.154. The molecule has 1 aromatic rings. The van der Waals surface area contributed by atoms with Gasteiger partial charge in [0.15, 0.2) is 0 Å². The largest absolute Gasteiger partial charge is 0.361 e. The van der Waals surface area contributed by atoms with Gasteiger partial charge in [-0.3, -0.25) is 4.79 Å². The van der Waals surface area contributed by atoms with Gasteiger partial charge >= 0.3 is 0 Å². The highest BCUT2D eigenvalue weighted by Gasteiger charge is 2.53. The van der Waals surface area contributed by atoms with Crippen molar-refractivity contribution in [1.82, 2.24) is 14.5 Å². The van der Waals surface area contributed by atoms with Crippen LogP contribution in [0.25, 0.3) is 0 Å². The molecule has 1 saturated carbocycles. The van der Waals surface area contributed by atoms with Crippen LogP contribution in [0.1, 0.15) is 38.6 Å². The summed E-state index contributed by atoms with van der Waals surface area (Å²) < 4.78 is 7.96. The summed E-state index contributed by atoms with van der Waals surface area (Å²) in [5.74, 6) is 1.54. The topological polar surface area (TPSA) is 47.4 Å². The highest BCUT2D eigenvalue weighted by Crippen LogP contribution is 2.50. The van der Waals surface area contributed by atoms with E-state index in [1.807, 2.05) is 17.3 Å². The van der Waals surface area contributed by atoms with Crippen LogP contribution < -0.4 is 0 Å². The molecule has 1 unspecified atom stereocenters. The van der Waals surface area contributed by atoms with Crippen molar-refractivity contribution in [3.05, 3.63) is 18.2 Å². The van der Waals surface area contributed by atoms with Gasteiger partial charge in [0, 0.05) is 45.0 Å². The number of likely N-dealkylation sites (tertiary alicyclic amines) is 1. The van der Waals surface area contributed by atoms with Gasteiger partial charge in [0.05, 0.1) is 6.04 Å². The van der Waals surface area contributed by atoms with Crippen LogP contribution >= 0.6 is 0 Å². The minimum atomic E-state index is -1.07. The van der Waals surface area contributed by atoms with Crippen molar-refractivity contribution in [2.75, 3.05) is 13.2 Å². The predicted octanol–water partition coefficient (Wildman–Crippen LogP) is 3.51. The lowest BCUT2D eigenvalue weighted by Crippen LogP contribution is -2.59. The van der Waals surface area contributed by atoms with Gasteiger partial charge in [-0.25, -0.2) is 4.98 Å². The van der Waals surface area contributed by atoms with Gasteiger partial charge < -0.3 is 14.2 Å². The summed E-state index contributed by atoms with van der Waals surface area (Å²) in [5.41, 5.74) is 0.0754.